The van der Waals surface area contributed by atoms with E-state index in [9.17, 15) is 0 Å². The van der Waals surface area contributed by atoms with Gasteiger partial charge in [0, 0.05) is 18.2 Å². The van der Waals surface area contributed by atoms with Crippen LogP contribution in [0.25, 0.3) is 4.96 Å². The molecule has 0 bridgehead atoms. The summed E-state index contributed by atoms with van der Waals surface area (Å²) in [4.78, 5) is 5.47. The Kier molecular flexibility index (Phi) is 3.02. The number of hydrogen-bond acceptors (Lipinski definition) is 4. The number of hydrogen-bond donors (Lipinski definition) is 1. The highest BCUT2D eigenvalue weighted by atomic mass is 32.1. The van der Waals surface area contributed by atoms with Crippen LogP contribution < -0.4 is 5.73 Å². The molecule has 0 radical (unpaired) electrons. The number of fused-ring (bicyclic) bond motifs is 1. The molecular weight excluding hydrogens is 208 g/mol. The molecule has 0 fully saturated rings. The highest BCUT2D eigenvalue weighted by Gasteiger charge is 2.10. The largest absolute Gasteiger partial charge is 0.330 e. The van der Waals surface area contributed by atoms with Crippen LogP contribution >= 0.6 is 11.3 Å². The minimum absolute atomic E-state index is 0.597. The quantitative estimate of drug-likeness (QED) is 0.856. The molecular formula is C10H16N4S. The lowest BCUT2D eigenvalue weighted by atomic mass is 10.1. The summed E-state index contributed by atoms with van der Waals surface area (Å²) in [6.45, 7) is 5.01. The minimum Gasteiger partial charge on any atom is -0.330 e. The molecule has 82 valence electrons. The molecule has 4 nitrogen and oxygen atoms in total. The molecule has 0 saturated carbocycles. The monoisotopic (exact) mass is 224 g/mol. The highest BCUT2D eigenvalue weighted by Crippen LogP contribution is 2.15. The average molecular weight is 224 g/mol. The van der Waals surface area contributed by atoms with Crippen LogP contribution in [0.5, 0.6) is 0 Å². The molecule has 2 rings (SSSR count). The molecule has 0 unspecified atom stereocenters. The number of nitrogens with zero attached hydrogens (tertiary/aromatic N) is 3. The summed E-state index contributed by atoms with van der Waals surface area (Å²) in [6.07, 6.45) is 1.81. The molecule has 0 aromatic carbocycles. The first-order valence-electron chi connectivity index (χ1n) is 5.22. The Balaban J connectivity index is 2.30. The molecule has 0 amide bonds. The van der Waals surface area contributed by atoms with Gasteiger partial charge in [0.15, 0.2) is 5.82 Å². The van der Waals surface area contributed by atoms with E-state index in [0.717, 1.165) is 23.6 Å². The van der Waals surface area contributed by atoms with Gasteiger partial charge in [-0.15, -0.1) is 11.3 Å². The van der Waals surface area contributed by atoms with Crippen LogP contribution in [-0.2, 0) is 12.8 Å². The lowest BCUT2D eigenvalue weighted by Crippen LogP contribution is -2.05. The smallest absolute Gasteiger partial charge is 0.212 e. The summed E-state index contributed by atoms with van der Waals surface area (Å²) in [7, 11) is 0. The second-order valence-corrected chi connectivity index (χ2v) is 4.92. The fourth-order valence-electron chi connectivity index (χ4n) is 1.54. The normalized spacial score (nSPS) is 11.7. The molecule has 0 aliphatic rings. The van der Waals surface area contributed by atoms with Gasteiger partial charge in [-0.2, -0.15) is 5.10 Å². The molecule has 0 saturated heterocycles. The third-order valence-electron chi connectivity index (χ3n) is 2.19. The number of rotatable bonds is 4. The molecule has 2 aromatic heterocycles. The van der Waals surface area contributed by atoms with Crippen LogP contribution in [0.1, 0.15) is 25.4 Å². The molecule has 2 aromatic rings. The molecule has 5 heteroatoms. The summed E-state index contributed by atoms with van der Waals surface area (Å²) < 4.78 is 1.93. The van der Waals surface area contributed by atoms with Gasteiger partial charge in [0.2, 0.25) is 4.96 Å². The molecule has 2 N–H and O–H groups in total. The maximum Gasteiger partial charge on any atom is 0.212 e. The summed E-state index contributed by atoms with van der Waals surface area (Å²) in [5, 5.41) is 6.58. The summed E-state index contributed by atoms with van der Waals surface area (Å²) >= 11 is 1.64. The van der Waals surface area contributed by atoms with Crippen molar-refractivity contribution in [1.29, 1.82) is 0 Å². The standard InChI is InChI=1S/C10H16N4S/c1-7(2)5-9-12-10-14(13-9)8(3-4-11)6-15-10/h6-7H,3-5,11H2,1-2H3. The maximum absolute atomic E-state index is 5.54. The number of aromatic nitrogens is 3. The van der Waals surface area contributed by atoms with E-state index in [2.05, 4.69) is 29.3 Å². The second kappa shape index (κ2) is 4.28. The average Bonchev–Trinajstić information content (AvgIpc) is 2.67. The third kappa shape index (κ3) is 2.18. The van der Waals surface area contributed by atoms with Crippen molar-refractivity contribution in [2.45, 2.75) is 26.7 Å². The lowest BCUT2D eigenvalue weighted by molar-refractivity contribution is 0.618. The summed E-state index contributed by atoms with van der Waals surface area (Å²) in [5.41, 5.74) is 6.71. The molecule has 0 atom stereocenters. The first-order chi connectivity index (χ1) is 7.20. The summed E-state index contributed by atoms with van der Waals surface area (Å²) in [5.74, 6) is 1.54. The van der Waals surface area contributed by atoms with E-state index in [1.54, 1.807) is 11.3 Å². The van der Waals surface area contributed by atoms with E-state index in [1.807, 2.05) is 4.52 Å². The molecule has 2 heterocycles. The molecule has 0 aliphatic heterocycles. The van der Waals surface area contributed by atoms with Gasteiger partial charge in [-0.1, -0.05) is 13.8 Å². The fourth-order valence-corrected chi connectivity index (χ4v) is 2.41. The van der Waals surface area contributed by atoms with Crippen molar-refractivity contribution in [2.24, 2.45) is 11.7 Å². The Bertz CT molecular complexity index is 443. The van der Waals surface area contributed by atoms with Gasteiger partial charge in [0.25, 0.3) is 0 Å². The molecule has 0 aliphatic carbocycles. The van der Waals surface area contributed by atoms with Gasteiger partial charge in [-0.25, -0.2) is 9.50 Å². The van der Waals surface area contributed by atoms with E-state index in [0.29, 0.717) is 12.5 Å². The van der Waals surface area contributed by atoms with Crippen molar-refractivity contribution in [3.05, 3.63) is 16.9 Å². The molecule has 15 heavy (non-hydrogen) atoms. The van der Waals surface area contributed by atoms with Crippen molar-refractivity contribution < 1.29 is 0 Å². The topological polar surface area (TPSA) is 56.2 Å². The van der Waals surface area contributed by atoms with Crippen LogP contribution in [0, 0.1) is 5.92 Å². The highest BCUT2D eigenvalue weighted by molar-refractivity contribution is 7.15. The van der Waals surface area contributed by atoms with Crippen molar-refractivity contribution in [3.8, 4) is 0 Å². The fraction of sp³-hybridized carbons (Fsp3) is 0.600. The van der Waals surface area contributed by atoms with Gasteiger partial charge in [0.1, 0.15) is 0 Å². The predicted octanol–water partition coefficient (Wildman–Crippen LogP) is 1.49. The maximum atomic E-state index is 5.54. The summed E-state index contributed by atoms with van der Waals surface area (Å²) in [6, 6.07) is 0. The second-order valence-electron chi connectivity index (χ2n) is 4.09. The van der Waals surface area contributed by atoms with Gasteiger partial charge in [0.05, 0.1) is 5.69 Å². The van der Waals surface area contributed by atoms with E-state index in [4.69, 9.17) is 5.73 Å². The number of thiazole rings is 1. The van der Waals surface area contributed by atoms with Crippen LogP contribution in [0.3, 0.4) is 0 Å². The first-order valence-corrected chi connectivity index (χ1v) is 6.10. The van der Waals surface area contributed by atoms with Crippen LogP contribution in [0.4, 0.5) is 0 Å². The van der Waals surface area contributed by atoms with Gasteiger partial charge in [-0.3, -0.25) is 0 Å². The Morgan fingerprint density at radius 3 is 3.00 bits per heavy atom. The van der Waals surface area contributed by atoms with Gasteiger partial charge < -0.3 is 5.73 Å². The van der Waals surface area contributed by atoms with E-state index in [1.165, 1.54) is 5.69 Å². The zero-order valence-electron chi connectivity index (χ0n) is 9.10. The SMILES string of the molecule is CC(C)Cc1nc2scc(CCN)n2n1. The van der Waals surface area contributed by atoms with Crippen molar-refractivity contribution in [2.75, 3.05) is 6.54 Å². The minimum atomic E-state index is 0.597. The van der Waals surface area contributed by atoms with Crippen molar-refractivity contribution in [1.82, 2.24) is 14.6 Å². The van der Waals surface area contributed by atoms with E-state index in [-0.39, 0.29) is 0 Å². The zero-order valence-corrected chi connectivity index (χ0v) is 9.92. The number of nitrogens with two attached hydrogens (primary N) is 1. The Morgan fingerprint density at radius 2 is 2.33 bits per heavy atom. The Labute approximate surface area is 93.1 Å². The Hall–Kier alpha value is -0.940. The van der Waals surface area contributed by atoms with E-state index >= 15 is 0 Å². The lowest BCUT2D eigenvalue weighted by Gasteiger charge is -1.97. The van der Waals surface area contributed by atoms with Gasteiger partial charge >= 0.3 is 0 Å². The van der Waals surface area contributed by atoms with Crippen LogP contribution in [-0.4, -0.2) is 21.1 Å². The van der Waals surface area contributed by atoms with E-state index < -0.39 is 0 Å². The third-order valence-corrected chi connectivity index (χ3v) is 3.05. The van der Waals surface area contributed by atoms with Crippen molar-refractivity contribution in [3.63, 3.8) is 0 Å². The van der Waals surface area contributed by atoms with Crippen LogP contribution in [0.15, 0.2) is 5.38 Å². The predicted molar refractivity (Wildman–Crippen MR) is 62.2 cm³/mol. The first kappa shape index (κ1) is 10.6. The van der Waals surface area contributed by atoms with Crippen molar-refractivity contribution >= 4 is 16.3 Å². The Morgan fingerprint density at radius 1 is 1.53 bits per heavy atom. The van der Waals surface area contributed by atoms with Gasteiger partial charge in [-0.05, 0) is 12.5 Å². The zero-order chi connectivity index (χ0) is 10.8. The van der Waals surface area contributed by atoms with Crippen LogP contribution in [0.2, 0.25) is 0 Å². The molecule has 0 spiro atoms.